The van der Waals surface area contributed by atoms with Crippen molar-refractivity contribution >= 4 is 7.98 Å². The van der Waals surface area contributed by atoms with Gasteiger partial charge in [0.15, 0.2) is 0 Å². The summed E-state index contributed by atoms with van der Waals surface area (Å²) in [4.78, 5) is 1.77. The molecular formula is C6H17BN2. The van der Waals surface area contributed by atoms with Crippen LogP contribution in [-0.4, -0.2) is 18.4 Å². The number of hydrogen-bond donors (Lipinski definition) is 1. The van der Waals surface area contributed by atoms with Gasteiger partial charge >= 0.3 is 0 Å². The number of nitrogens with zero attached hydrogens (tertiary/aromatic N) is 1. The van der Waals surface area contributed by atoms with Crippen molar-refractivity contribution in [3.8, 4) is 0 Å². The van der Waals surface area contributed by atoms with Gasteiger partial charge in [-0.2, -0.15) is 0 Å². The van der Waals surface area contributed by atoms with Crippen LogP contribution in [0.1, 0.15) is 33.6 Å². The summed E-state index contributed by atoms with van der Waals surface area (Å²) in [5, 5.41) is 0. The summed E-state index contributed by atoms with van der Waals surface area (Å²) in [7, 11) is 1.91. The maximum Gasteiger partial charge on any atom is 0.206 e. The first-order valence-electron chi connectivity index (χ1n) is 3.49. The van der Waals surface area contributed by atoms with E-state index in [-0.39, 0.29) is 5.54 Å². The van der Waals surface area contributed by atoms with E-state index in [0.717, 1.165) is 6.42 Å². The second-order valence-electron chi connectivity index (χ2n) is 3.17. The molecule has 2 nitrogen and oxygen atoms in total. The van der Waals surface area contributed by atoms with Gasteiger partial charge in [-0.05, 0) is 20.3 Å². The molecule has 3 heteroatoms. The molecular weight excluding hydrogens is 111 g/mol. The van der Waals surface area contributed by atoms with Crippen molar-refractivity contribution in [3.05, 3.63) is 0 Å². The molecule has 0 heterocycles. The smallest absolute Gasteiger partial charge is 0.206 e. The highest BCUT2D eigenvalue weighted by Crippen LogP contribution is 2.14. The van der Waals surface area contributed by atoms with Crippen LogP contribution in [0.5, 0.6) is 0 Å². The molecule has 0 aromatic carbocycles. The third-order valence-corrected chi connectivity index (χ3v) is 1.82. The molecule has 0 radical (unpaired) electrons. The number of nitrogens with two attached hydrogens (primary N) is 1. The summed E-state index contributed by atoms with van der Waals surface area (Å²) < 4.78 is 0. The topological polar surface area (TPSA) is 29.3 Å². The summed E-state index contributed by atoms with van der Waals surface area (Å²) in [5.74, 6) is 5.59. The molecule has 0 bridgehead atoms. The van der Waals surface area contributed by atoms with Crippen LogP contribution in [0, 0.1) is 0 Å². The molecule has 0 atom stereocenters. The quantitative estimate of drug-likeness (QED) is 0.336. The third kappa shape index (κ3) is 2.87. The Labute approximate surface area is 58.8 Å². The maximum absolute atomic E-state index is 5.59. The van der Waals surface area contributed by atoms with E-state index >= 15 is 0 Å². The van der Waals surface area contributed by atoms with E-state index in [9.17, 15) is 0 Å². The lowest BCUT2D eigenvalue weighted by atomic mass is 9.96. The molecule has 0 saturated heterocycles. The summed E-state index contributed by atoms with van der Waals surface area (Å²) in [6.07, 6.45) is 2.34. The first-order chi connectivity index (χ1) is 4.00. The van der Waals surface area contributed by atoms with Crippen molar-refractivity contribution in [3.63, 3.8) is 0 Å². The zero-order valence-electron chi connectivity index (χ0n) is 6.94. The van der Waals surface area contributed by atoms with Crippen molar-refractivity contribution in [1.82, 2.24) is 4.92 Å². The first kappa shape index (κ1) is 8.98. The minimum atomic E-state index is 0.161. The van der Waals surface area contributed by atoms with Crippen LogP contribution in [-0.2, 0) is 0 Å². The number of hydrogen-bond acceptors (Lipinski definition) is 2. The average Bonchev–Trinajstić information content (AvgIpc) is 1.65. The zero-order chi connectivity index (χ0) is 7.49. The monoisotopic (exact) mass is 128 g/mol. The standard InChI is InChI=1S/C6H17BN2/c1-4-5-6(2,3)9(7)8/h4-5,7-8H2,1-3H3. The molecule has 2 N–H and O–H groups in total. The van der Waals surface area contributed by atoms with Gasteiger partial charge in [-0.15, -0.1) is 0 Å². The van der Waals surface area contributed by atoms with Crippen LogP contribution in [0.4, 0.5) is 0 Å². The predicted molar refractivity (Wildman–Crippen MR) is 43.6 cm³/mol. The fourth-order valence-corrected chi connectivity index (χ4v) is 0.788. The molecule has 54 valence electrons. The second-order valence-corrected chi connectivity index (χ2v) is 3.17. The molecule has 0 aliphatic rings. The number of rotatable bonds is 3. The van der Waals surface area contributed by atoms with E-state index in [1.54, 1.807) is 4.92 Å². The predicted octanol–water partition coefficient (Wildman–Crippen LogP) is 0.289. The van der Waals surface area contributed by atoms with Gasteiger partial charge in [0.05, 0.1) is 0 Å². The first-order valence-corrected chi connectivity index (χ1v) is 3.49. The summed E-state index contributed by atoms with van der Waals surface area (Å²) in [6, 6.07) is 0. The Morgan fingerprint density at radius 3 is 2.11 bits per heavy atom. The summed E-state index contributed by atoms with van der Waals surface area (Å²) in [6.45, 7) is 6.47. The highest BCUT2D eigenvalue weighted by atomic mass is 15.4. The lowest BCUT2D eigenvalue weighted by Crippen LogP contribution is -2.46. The van der Waals surface area contributed by atoms with E-state index in [2.05, 4.69) is 20.8 Å². The van der Waals surface area contributed by atoms with Crippen molar-refractivity contribution in [1.29, 1.82) is 0 Å². The van der Waals surface area contributed by atoms with E-state index in [1.807, 2.05) is 7.98 Å². The molecule has 0 rings (SSSR count). The molecule has 0 unspecified atom stereocenters. The molecule has 9 heavy (non-hydrogen) atoms. The Balaban J connectivity index is 3.70. The normalized spacial score (nSPS) is 12.6. The summed E-state index contributed by atoms with van der Waals surface area (Å²) >= 11 is 0. The highest BCUT2D eigenvalue weighted by Gasteiger charge is 2.18. The molecule has 0 aromatic heterocycles. The molecule has 0 spiro atoms. The van der Waals surface area contributed by atoms with Gasteiger partial charge in [0.1, 0.15) is 0 Å². The fraction of sp³-hybridized carbons (Fsp3) is 1.00. The van der Waals surface area contributed by atoms with Crippen LogP contribution in [0.3, 0.4) is 0 Å². The molecule has 0 aliphatic heterocycles. The van der Waals surface area contributed by atoms with Crippen molar-refractivity contribution < 1.29 is 0 Å². The Bertz CT molecular complexity index is 81.1. The van der Waals surface area contributed by atoms with Gasteiger partial charge in [-0.3, -0.25) is 10.8 Å². The largest absolute Gasteiger partial charge is 0.290 e. The van der Waals surface area contributed by atoms with E-state index < -0.39 is 0 Å². The highest BCUT2D eigenvalue weighted by molar-refractivity contribution is 6.04. The van der Waals surface area contributed by atoms with Crippen LogP contribution >= 0.6 is 0 Å². The van der Waals surface area contributed by atoms with Gasteiger partial charge in [0.2, 0.25) is 7.98 Å². The Hall–Kier alpha value is -0.0151. The lowest BCUT2D eigenvalue weighted by molar-refractivity contribution is 0.223. The van der Waals surface area contributed by atoms with Crippen LogP contribution in [0.25, 0.3) is 0 Å². The Morgan fingerprint density at radius 2 is 2.00 bits per heavy atom. The van der Waals surface area contributed by atoms with E-state index in [1.165, 1.54) is 6.42 Å². The van der Waals surface area contributed by atoms with Crippen LogP contribution < -0.4 is 5.84 Å². The summed E-state index contributed by atoms with van der Waals surface area (Å²) in [5.41, 5.74) is 0.161. The van der Waals surface area contributed by atoms with Crippen molar-refractivity contribution in [2.45, 2.75) is 39.2 Å². The molecule has 0 aromatic rings. The van der Waals surface area contributed by atoms with Gasteiger partial charge in [0, 0.05) is 5.54 Å². The maximum atomic E-state index is 5.59. The fourth-order valence-electron chi connectivity index (χ4n) is 0.788. The van der Waals surface area contributed by atoms with Crippen LogP contribution in [0.2, 0.25) is 0 Å². The Kier molecular flexibility index (Phi) is 3.22. The van der Waals surface area contributed by atoms with Crippen molar-refractivity contribution in [2.24, 2.45) is 5.84 Å². The van der Waals surface area contributed by atoms with Gasteiger partial charge in [-0.25, -0.2) is 0 Å². The van der Waals surface area contributed by atoms with Gasteiger partial charge in [0.25, 0.3) is 0 Å². The van der Waals surface area contributed by atoms with Crippen LogP contribution in [0.15, 0.2) is 0 Å². The zero-order valence-corrected chi connectivity index (χ0v) is 6.94. The third-order valence-electron chi connectivity index (χ3n) is 1.82. The second kappa shape index (κ2) is 3.23. The van der Waals surface area contributed by atoms with Gasteiger partial charge in [-0.1, -0.05) is 13.3 Å². The molecule has 0 fully saturated rings. The minimum absolute atomic E-state index is 0.161. The van der Waals surface area contributed by atoms with Crippen molar-refractivity contribution in [2.75, 3.05) is 0 Å². The van der Waals surface area contributed by atoms with Gasteiger partial charge < -0.3 is 0 Å². The SMILES string of the molecule is BN(N)C(C)(C)CCC. The molecule has 0 aliphatic carbocycles. The van der Waals surface area contributed by atoms with E-state index in [4.69, 9.17) is 5.84 Å². The number of hydrazine groups is 1. The lowest BCUT2D eigenvalue weighted by Gasteiger charge is -2.32. The molecule has 0 amide bonds. The average molecular weight is 128 g/mol. The Morgan fingerprint density at radius 1 is 1.56 bits per heavy atom. The minimum Gasteiger partial charge on any atom is -0.290 e. The van der Waals surface area contributed by atoms with E-state index in [0.29, 0.717) is 0 Å². The molecule has 0 saturated carbocycles.